The molecule has 1 N–H and O–H groups in total. The number of carbonyl (C=O) groups is 1. The Morgan fingerprint density at radius 3 is 1.55 bits per heavy atom. The van der Waals surface area contributed by atoms with Gasteiger partial charge >= 0.3 is 5.97 Å². The predicted molar refractivity (Wildman–Crippen MR) is 91.8 cm³/mol. The Balaban J connectivity index is 3.33. The Hall–Kier alpha value is -1.08. The zero-order chi connectivity index (χ0) is 16.5. The van der Waals surface area contributed by atoms with Gasteiger partial charge in [-0.15, -0.1) is 0 Å². The van der Waals surface area contributed by atoms with E-state index < -0.39 is 5.97 Å². The first-order valence-corrected chi connectivity index (χ1v) is 9.15. The first kappa shape index (κ1) is 20.9. The molecule has 0 aliphatic carbocycles. The number of carboxylic acid groups (broad SMARTS) is 1. The van der Waals surface area contributed by atoms with Crippen LogP contribution in [0.4, 0.5) is 0 Å². The van der Waals surface area contributed by atoms with E-state index in [0.29, 0.717) is 6.42 Å². The van der Waals surface area contributed by atoms with Crippen molar-refractivity contribution in [3.05, 3.63) is 5.57 Å². The van der Waals surface area contributed by atoms with Gasteiger partial charge in [0.1, 0.15) is 5.94 Å². The lowest BCUT2D eigenvalue weighted by molar-refractivity contribution is -0.137. The number of aliphatic carboxylic acids is 1. The number of carboxylic acids is 1. The third-order valence-corrected chi connectivity index (χ3v) is 4.10. The molecule has 0 aromatic rings. The van der Waals surface area contributed by atoms with Crippen LogP contribution in [0.1, 0.15) is 103 Å². The van der Waals surface area contributed by atoms with Crippen molar-refractivity contribution in [1.82, 2.24) is 0 Å². The van der Waals surface area contributed by atoms with Gasteiger partial charge in [-0.25, -0.2) is 4.79 Å². The number of rotatable bonds is 16. The van der Waals surface area contributed by atoms with E-state index in [1.54, 1.807) is 0 Å². The van der Waals surface area contributed by atoms with Crippen molar-refractivity contribution in [2.24, 2.45) is 0 Å². The number of carbonyl (C=O) groups excluding carboxylic acids is 1. The maximum atomic E-state index is 10.9. The van der Waals surface area contributed by atoms with Crippen LogP contribution in [-0.2, 0) is 9.59 Å². The molecule has 0 rings (SSSR count). The number of hydrogen-bond donors (Lipinski definition) is 1. The zero-order valence-corrected chi connectivity index (χ0v) is 14.4. The Kier molecular flexibility index (Phi) is 15.5. The van der Waals surface area contributed by atoms with Crippen molar-refractivity contribution < 1.29 is 14.7 Å². The fourth-order valence-electron chi connectivity index (χ4n) is 2.67. The quantitative estimate of drug-likeness (QED) is 0.294. The summed E-state index contributed by atoms with van der Waals surface area (Å²) in [5.41, 5.74) is 0.977. The summed E-state index contributed by atoms with van der Waals surface area (Å²) in [5, 5.41) is 8.53. The highest BCUT2D eigenvalue weighted by Gasteiger charge is 2.00. The second-order valence-electron chi connectivity index (χ2n) is 6.24. The van der Waals surface area contributed by atoms with Crippen molar-refractivity contribution in [3.8, 4) is 0 Å². The van der Waals surface area contributed by atoms with Crippen molar-refractivity contribution >= 4 is 11.9 Å². The lowest BCUT2D eigenvalue weighted by Gasteiger charge is -2.04. The van der Waals surface area contributed by atoms with E-state index in [4.69, 9.17) is 5.11 Å². The van der Waals surface area contributed by atoms with E-state index in [1.165, 1.54) is 44.9 Å². The molecule has 0 unspecified atom stereocenters. The Morgan fingerprint density at radius 2 is 1.14 bits per heavy atom. The number of unbranched alkanes of at least 4 members (excludes halogenated alkanes) is 10. The van der Waals surface area contributed by atoms with Crippen LogP contribution in [0.15, 0.2) is 5.57 Å². The number of hydrogen-bond acceptors (Lipinski definition) is 2. The fraction of sp³-hybridized carbons (Fsp3) is 0.842. The molecule has 0 aromatic carbocycles. The largest absolute Gasteiger partial charge is 0.481 e. The zero-order valence-electron chi connectivity index (χ0n) is 14.4. The maximum Gasteiger partial charge on any atom is 0.303 e. The maximum absolute atomic E-state index is 10.9. The van der Waals surface area contributed by atoms with Crippen molar-refractivity contribution in [2.45, 2.75) is 103 Å². The first-order valence-electron chi connectivity index (χ1n) is 9.15. The Bertz CT molecular complexity index is 317. The molecule has 128 valence electrons. The molecule has 0 heterocycles. The van der Waals surface area contributed by atoms with Gasteiger partial charge in [-0.2, -0.15) is 0 Å². The van der Waals surface area contributed by atoms with E-state index in [9.17, 15) is 9.59 Å². The van der Waals surface area contributed by atoms with Crippen LogP contribution < -0.4 is 0 Å². The molecule has 0 bridgehead atoms. The van der Waals surface area contributed by atoms with Crippen molar-refractivity contribution in [2.75, 3.05) is 0 Å². The third-order valence-electron chi connectivity index (χ3n) is 4.10. The molecular formula is C19H34O3. The lowest BCUT2D eigenvalue weighted by atomic mass is 10.0. The van der Waals surface area contributed by atoms with E-state index in [0.717, 1.165) is 50.5 Å². The topological polar surface area (TPSA) is 54.4 Å². The van der Waals surface area contributed by atoms with Crippen LogP contribution in [0, 0.1) is 0 Å². The number of allylic oxidation sites excluding steroid dienone is 1. The molecule has 0 aliphatic heterocycles. The van der Waals surface area contributed by atoms with Gasteiger partial charge in [0.25, 0.3) is 0 Å². The molecule has 0 aliphatic rings. The summed E-state index contributed by atoms with van der Waals surface area (Å²) in [5.74, 6) is 1.45. The van der Waals surface area contributed by atoms with Gasteiger partial charge in [-0.1, -0.05) is 64.7 Å². The van der Waals surface area contributed by atoms with Crippen LogP contribution in [0.5, 0.6) is 0 Å². The minimum atomic E-state index is -0.686. The molecule has 22 heavy (non-hydrogen) atoms. The predicted octanol–water partition coefficient (Wildman–Crippen LogP) is 5.70. The van der Waals surface area contributed by atoms with Crippen LogP contribution in [0.25, 0.3) is 0 Å². The fourth-order valence-corrected chi connectivity index (χ4v) is 2.67. The van der Waals surface area contributed by atoms with E-state index >= 15 is 0 Å². The molecule has 0 saturated carbocycles. The van der Waals surface area contributed by atoms with Crippen LogP contribution in [0.3, 0.4) is 0 Å². The van der Waals surface area contributed by atoms with E-state index in [2.05, 4.69) is 12.9 Å². The SMILES string of the molecule is CCCCCCC(=C=O)CCCCCCCCCCC(=O)O. The Morgan fingerprint density at radius 1 is 0.727 bits per heavy atom. The second-order valence-corrected chi connectivity index (χ2v) is 6.24. The minimum Gasteiger partial charge on any atom is -0.481 e. The summed E-state index contributed by atoms with van der Waals surface area (Å²) in [7, 11) is 0. The average molecular weight is 310 g/mol. The highest BCUT2D eigenvalue weighted by atomic mass is 16.4. The van der Waals surface area contributed by atoms with Gasteiger partial charge in [-0.3, -0.25) is 4.79 Å². The minimum absolute atomic E-state index is 0.305. The summed E-state index contributed by atoms with van der Waals surface area (Å²) >= 11 is 0. The highest BCUT2D eigenvalue weighted by Crippen LogP contribution is 2.16. The normalized spacial score (nSPS) is 10.4. The molecule has 0 spiro atoms. The molecule has 0 radical (unpaired) electrons. The first-order chi connectivity index (χ1) is 10.7. The van der Waals surface area contributed by atoms with Crippen molar-refractivity contribution in [3.63, 3.8) is 0 Å². The van der Waals surface area contributed by atoms with Gasteiger partial charge in [0.15, 0.2) is 0 Å². The van der Waals surface area contributed by atoms with E-state index in [-0.39, 0.29) is 0 Å². The van der Waals surface area contributed by atoms with Gasteiger partial charge in [0.05, 0.1) is 0 Å². The van der Waals surface area contributed by atoms with Gasteiger partial charge in [0, 0.05) is 12.0 Å². The van der Waals surface area contributed by atoms with Crippen molar-refractivity contribution in [1.29, 1.82) is 0 Å². The van der Waals surface area contributed by atoms with Crippen LogP contribution in [-0.4, -0.2) is 17.0 Å². The Labute approximate surface area is 136 Å². The molecule has 0 fully saturated rings. The molecule has 0 saturated heterocycles. The van der Waals surface area contributed by atoms with Crippen LogP contribution >= 0.6 is 0 Å². The van der Waals surface area contributed by atoms with E-state index in [1.807, 2.05) is 0 Å². The lowest BCUT2D eigenvalue weighted by Crippen LogP contribution is -1.93. The van der Waals surface area contributed by atoms with Crippen LogP contribution in [0.2, 0.25) is 0 Å². The van der Waals surface area contributed by atoms with Gasteiger partial charge < -0.3 is 5.11 Å². The summed E-state index contributed by atoms with van der Waals surface area (Å²) in [6.45, 7) is 2.20. The standard InChI is InChI=1S/C19H34O3/c1-2-3-4-11-14-18(17-20)15-12-9-7-5-6-8-10-13-16-19(21)22/h2-16H2,1H3,(H,21,22). The molecule has 3 heteroatoms. The molecule has 3 nitrogen and oxygen atoms in total. The average Bonchev–Trinajstić information content (AvgIpc) is 2.50. The molecule has 0 atom stereocenters. The molecule has 0 amide bonds. The molecule has 0 aromatic heterocycles. The molecular weight excluding hydrogens is 276 g/mol. The highest BCUT2D eigenvalue weighted by molar-refractivity contribution is 5.66. The van der Waals surface area contributed by atoms with Gasteiger partial charge in [-0.05, 0) is 32.1 Å². The third kappa shape index (κ3) is 15.3. The second kappa shape index (κ2) is 16.3. The smallest absolute Gasteiger partial charge is 0.303 e. The monoisotopic (exact) mass is 310 g/mol. The van der Waals surface area contributed by atoms with Gasteiger partial charge in [0.2, 0.25) is 0 Å². The summed E-state index contributed by atoms with van der Waals surface area (Å²) < 4.78 is 0. The summed E-state index contributed by atoms with van der Waals surface area (Å²) in [6, 6.07) is 0. The summed E-state index contributed by atoms with van der Waals surface area (Å²) in [6.07, 6.45) is 15.9. The summed E-state index contributed by atoms with van der Waals surface area (Å²) in [4.78, 5) is 21.2.